The Bertz CT molecular complexity index is 79.7. The molecule has 1 atom stereocenters. The van der Waals surface area contributed by atoms with Crippen LogP contribution in [0.25, 0.3) is 0 Å². The van der Waals surface area contributed by atoms with E-state index < -0.39 is 8.80 Å². The van der Waals surface area contributed by atoms with Gasteiger partial charge < -0.3 is 10.2 Å². The lowest BCUT2D eigenvalue weighted by Crippen LogP contribution is -2.31. The van der Waals surface area contributed by atoms with Gasteiger partial charge in [-0.3, -0.25) is 0 Å². The second kappa shape index (κ2) is 4.88. The lowest BCUT2D eigenvalue weighted by Gasteiger charge is -2.24. The number of hydrogen-bond acceptors (Lipinski definition) is 1. The van der Waals surface area contributed by atoms with Gasteiger partial charge >= 0.3 is 0 Å². The van der Waals surface area contributed by atoms with E-state index in [4.69, 9.17) is 4.74 Å². The molecule has 3 heteroatoms. The molecule has 10 heavy (non-hydrogen) atoms. The maximum Gasteiger partial charge on any atom is 0.0656 e. The van der Waals surface area contributed by atoms with Gasteiger partial charge in [0.2, 0.25) is 0 Å². The van der Waals surface area contributed by atoms with E-state index in [1.54, 1.807) is 0 Å². The van der Waals surface area contributed by atoms with Crippen LogP contribution in [0.5, 0.6) is 0 Å². The summed E-state index contributed by atoms with van der Waals surface area (Å²) in [4.78, 5) is 0. The van der Waals surface area contributed by atoms with Crippen molar-refractivity contribution in [2.24, 2.45) is 0 Å². The van der Waals surface area contributed by atoms with Crippen LogP contribution in [0, 0.1) is 0 Å². The molecular weight excluding hydrogens is 144 g/mol. The van der Waals surface area contributed by atoms with Crippen molar-refractivity contribution in [3.63, 3.8) is 0 Å². The highest BCUT2D eigenvalue weighted by Crippen LogP contribution is 2.14. The fourth-order valence-corrected chi connectivity index (χ4v) is 2.71. The van der Waals surface area contributed by atoms with E-state index >= 15 is 0 Å². The van der Waals surface area contributed by atoms with E-state index in [9.17, 15) is 0 Å². The Hall–Kier alpha value is 0.137. The van der Waals surface area contributed by atoms with Crippen molar-refractivity contribution in [2.75, 3.05) is 6.61 Å². The molecule has 0 bridgehead atoms. The fraction of sp³-hybridized carbons (Fsp3) is 1.00. The average molecular weight is 162 g/mol. The lowest BCUT2D eigenvalue weighted by atomic mass is 10.2. The van der Waals surface area contributed by atoms with E-state index in [1.807, 2.05) is 0 Å². The van der Waals surface area contributed by atoms with Crippen LogP contribution < -0.4 is 0 Å². The summed E-state index contributed by atoms with van der Waals surface area (Å²) in [5.41, 5.74) is 0.693. The summed E-state index contributed by atoms with van der Waals surface area (Å²) in [6, 6.07) is 0. The van der Waals surface area contributed by atoms with Crippen molar-refractivity contribution in [3.8, 4) is 0 Å². The minimum atomic E-state index is -0.474. The van der Waals surface area contributed by atoms with Gasteiger partial charge in [0.1, 0.15) is 0 Å². The zero-order chi connectivity index (χ0) is 6.69. The van der Waals surface area contributed by atoms with Gasteiger partial charge in [-0.05, 0) is 19.3 Å². The summed E-state index contributed by atoms with van der Waals surface area (Å²) in [7, 11) is -0.474. The minimum absolute atomic E-state index is 0. The molecule has 1 unspecified atom stereocenters. The fourth-order valence-electron chi connectivity index (χ4n) is 1.29. The number of ether oxygens (including phenoxy) is 1. The largest absolute Gasteiger partial charge is 0.412 e. The first kappa shape index (κ1) is 10.1. The standard InChI is InChI=1S/C7H16OSi.H2O/c1-9(2)7-5-3-4-6-8-7;/h7,9H,3-6H2,1-2H3;1H2. The SMILES string of the molecule is C[SiH](C)C1CCCCO1.O. The van der Waals surface area contributed by atoms with Crippen LogP contribution >= 0.6 is 0 Å². The monoisotopic (exact) mass is 162 g/mol. The van der Waals surface area contributed by atoms with Gasteiger partial charge in [0.15, 0.2) is 0 Å². The molecule has 0 radical (unpaired) electrons. The molecule has 1 fully saturated rings. The lowest BCUT2D eigenvalue weighted by molar-refractivity contribution is 0.0631. The van der Waals surface area contributed by atoms with Crippen molar-refractivity contribution in [2.45, 2.75) is 38.1 Å². The molecule has 0 aromatic rings. The first-order valence-corrected chi connectivity index (χ1v) is 6.90. The van der Waals surface area contributed by atoms with Gasteiger partial charge in [-0.15, -0.1) is 0 Å². The van der Waals surface area contributed by atoms with E-state index in [0.29, 0.717) is 5.73 Å². The van der Waals surface area contributed by atoms with Crippen molar-refractivity contribution < 1.29 is 10.2 Å². The summed E-state index contributed by atoms with van der Waals surface area (Å²) < 4.78 is 5.60. The second-order valence-electron chi connectivity index (χ2n) is 3.15. The molecule has 1 heterocycles. The average Bonchev–Trinajstić information content (AvgIpc) is 1.90. The normalized spacial score (nSPS) is 26.1. The minimum Gasteiger partial charge on any atom is -0.412 e. The summed E-state index contributed by atoms with van der Waals surface area (Å²) in [6.07, 6.45) is 4.03. The number of hydrogen-bond donors (Lipinski definition) is 0. The Kier molecular flexibility index (Phi) is 4.94. The van der Waals surface area contributed by atoms with Gasteiger partial charge in [-0.1, -0.05) is 13.1 Å². The molecule has 0 aliphatic carbocycles. The van der Waals surface area contributed by atoms with Crippen LogP contribution in [-0.4, -0.2) is 26.6 Å². The summed E-state index contributed by atoms with van der Waals surface area (Å²) >= 11 is 0. The second-order valence-corrected chi connectivity index (χ2v) is 6.38. The highest BCUT2D eigenvalue weighted by molar-refractivity contribution is 6.57. The van der Waals surface area contributed by atoms with Crippen LogP contribution in [0.15, 0.2) is 0 Å². The van der Waals surface area contributed by atoms with Gasteiger partial charge in [0.25, 0.3) is 0 Å². The molecule has 2 N–H and O–H groups in total. The van der Waals surface area contributed by atoms with E-state index in [1.165, 1.54) is 19.3 Å². The molecule has 0 aromatic heterocycles. The summed E-state index contributed by atoms with van der Waals surface area (Å²) in [6.45, 7) is 5.77. The maximum atomic E-state index is 5.60. The van der Waals surface area contributed by atoms with Crippen molar-refractivity contribution >= 4 is 8.80 Å². The van der Waals surface area contributed by atoms with Crippen molar-refractivity contribution in [1.82, 2.24) is 0 Å². The molecule has 0 spiro atoms. The Morgan fingerprint density at radius 2 is 2.00 bits per heavy atom. The molecule has 2 nitrogen and oxygen atoms in total. The summed E-state index contributed by atoms with van der Waals surface area (Å²) in [5, 5.41) is 0. The molecule has 1 aliphatic rings. The third kappa shape index (κ3) is 2.81. The van der Waals surface area contributed by atoms with Crippen LogP contribution in [0.4, 0.5) is 0 Å². The molecular formula is C7H18O2Si. The molecule has 0 amide bonds. The highest BCUT2D eigenvalue weighted by atomic mass is 28.3. The Morgan fingerprint density at radius 3 is 2.30 bits per heavy atom. The van der Waals surface area contributed by atoms with Crippen LogP contribution in [0.2, 0.25) is 13.1 Å². The van der Waals surface area contributed by atoms with Gasteiger partial charge in [0, 0.05) is 12.3 Å². The zero-order valence-corrected chi connectivity index (χ0v) is 8.05. The van der Waals surface area contributed by atoms with Gasteiger partial charge in [0.05, 0.1) is 8.80 Å². The molecule has 62 valence electrons. The highest BCUT2D eigenvalue weighted by Gasteiger charge is 2.17. The Balaban J connectivity index is 0.000000810. The van der Waals surface area contributed by atoms with E-state index in [0.717, 1.165) is 6.61 Å². The quantitative estimate of drug-likeness (QED) is 0.525. The van der Waals surface area contributed by atoms with Crippen LogP contribution in [0.3, 0.4) is 0 Å². The van der Waals surface area contributed by atoms with Crippen LogP contribution in [-0.2, 0) is 4.74 Å². The third-order valence-electron chi connectivity index (χ3n) is 1.96. The summed E-state index contributed by atoms with van der Waals surface area (Å²) in [5.74, 6) is 0. The number of rotatable bonds is 1. The van der Waals surface area contributed by atoms with Gasteiger partial charge in [-0.2, -0.15) is 0 Å². The van der Waals surface area contributed by atoms with Crippen molar-refractivity contribution in [3.05, 3.63) is 0 Å². The van der Waals surface area contributed by atoms with Crippen molar-refractivity contribution in [1.29, 1.82) is 0 Å². The molecule has 0 aromatic carbocycles. The smallest absolute Gasteiger partial charge is 0.0656 e. The zero-order valence-electron chi connectivity index (χ0n) is 6.89. The molecule has 1 rings (SSSR count). The molecule has 1 saturated heterocycles. The van der Waals surface area contributed by atoms with E-state index in [-0.39, 0.29) is 5.48 Å². The molecule has 1 aliphatic heterocycles. The topological polar surface area (TPSA) is 40.7 Å². The van der Waals surface area contributed by atoms with E-state index in [2.05, 4.69) is 13.1 Å². The van der Waals surface area contributed by atoms with Crippen LogP contribution in [0.1, 0.15) is 19.3 Å². The molecule has 0 saturated carbocycles. The maximum absolute atomic E-state index is 5.60. The Morgan fingerprint density at radius 1 is 1.30 bits per heavy atom. The predicted molar refractivity (Wildman–Crippen MR) is 46.1 cm³/mol. The third-order valence-corrected chi connectivity index (χ3v) is 3.97. The van der Waals surface area contributed by atoms with Gasteiger partial charge in [-0.25, -0.2) is 0 Å². The Labute approximate surface area is 64.5 Å². The first-order chi connectivity index (χ1) is 4.30. The first-order valence-electron chi connectivity index (χ1n) is 3.92. The predicted octanol–water partition coefficient (Wildman–Crippen LogP) is 0.757.